The molecule has 2 aromatic rings. The first-order valence-electron chi connectivity index (χ1n) is 10.9. The van der Waals surface area contributed by atoms with Crippen LogP contribution in [0, 0.1) is 0 Å². The van der Waals surface area contributed by atoms with E-state index in [2.05, 4.69) is 36.5 Å². The predicted octanol–water partition coefficient (Wildman–Crippen LogP) is -0.363. The third-order valence-electron chi connectivity index (χ3n) is 5.94. The molecule has 0 aliphatic carbocycles. The van der Waals surface area contributed by atoms with Gasteiger partial charge in [-0.05, 0) is 19.1 Å². The number of carbonyl (C=O) groups is 2. The maximum Gasteiger partial charge on any atom is 0.279 e. The number of benzene rings is 2. The molecule has 7 nitrogen and oxygen atoms in total. The Balaban J connectivity index is 1.42. The summed E-state index contributed by atoms with van der Waals surface area (Å²) in [6.07, 6.45) is 0. The molecule has 31 heavy (non-hydrogen) atoms. The van der Waals surface area contributed by atoms with Crippen molar-refractivity contribution in [1.82, 2.24) is 4.90 Å². The number of nitrogens with one attached hydrogen (secondary N) is 3. The van der Waals surface area contributed by atoms with Crippen molar-refractivity contribution < 1.29 is 24.1 Å². The summed E-state index contributed by atoms with van der Waals surface area (Å²) in [4.78, 5) is 29.4. The molecule has 1 unspecified atom stereocenters. The molecule has 2 aromatic carbocycles. The minimum Gasteiger partial charge on any atom is -0.497 e. The summed E-state index contributed by atoms with van der Waals surface area (Å²) in [6, 6.07) is 18.2. The van der Waals surface area contributed by atoms with Gasteiger partial charge in [-0.25, -0.2) is 0 Å². The maximum atomic E-state index is 12.7. The molecule has 1 fully saturated rings. The summed E-state index contributed by atoms with van der Waals surface area (Å²) in [7, 11) is 3.47. The van der Waals surface area contributed by atoms with E-state index >= 15 is 0 Å². The highest BCUT2D eigenvalue weighted by atomic mass is 16.5. The van der Waals surface area contributed by atoms with E-state index in [0.717, 1.165) is 31.1 Å². The number of anilines is 1. The molecule has 0 bridgehead atoms. The van der Waals surface area contributed by atoms with Gasteiger partial charge in [-0.1, -0.05) is 36.4 Å². The lowest BCUT2D eigenvalue weighted by Gasteiger charge is -2.35. The minimum absolute atomic E-state index is 0.109. The topological polar surface area (TPSA) is 67.5 Å². The number of hydrogen-bond donors (Lipinski definition) is 3. The number of quaternary nitrogens is 2. The van der Waals surface area contributed by atoms with Crippen LogP contribution < -0.4 is 19.9 Å². The lowest BCUT2D eigenvalue weighted by molar-refractivity contribution is -0.933. The van der Waals surface area contributed by atoms with Crippen molar-refractivity contribution in [2.45, 2.75) is 13.0 Å². The minimum atomic E-state index is -0.121. The zero-order chi connectivity index (χ0) is 22.2. The number of methoxy groups -OCH3 is 1. The molecule has 0 spiro atoms. The number of amides is 2. The van der Waals surface area contributed by atoms with E-state index in [1.807, 2.05) is 36.2 Å². The summed E-state index contributed by atoms with van der Waals surface area (Å²) >= 11 is 0. The molecule has 1 aliphatic rings. The third kappa shape index (κ3) is 6.54. The number of likely N-dealkylation sites (N-methyl/N-ethyl adjacent to an activating group) is 1. The van der Waals surface area contributed by atoms with Gasteiger partial charge in [-0.15, -0.1) is 0 Å². The molecule has 2 atom stereocenters. The summed E-state index contributed by atoms with van der Waals surface area (Å²) in [6.45, 7) is 6.20. The van der Waals surface area contributed by atoms with Crippen molar-refractivity contribution in [2.24, 2.45) is 0 Å². The SMILES string of the molecule is COc1cccc(NC(=O)C[NH+](C)CC(=O)N2CC[NH+]([C@H](C)c3ccccc3)CC2)c1. The molecular formula is C24H34N4O3+2. The zero-order valence-electron chi connectivity index (χ0n) is 18.7. The molecule has 0 saturated carbocycles. The highest BCUT2D eigenvalue weighted by Crippen LogP contribution is 2.16. The number of piperazine rings is 1. The van der Waals surface area contributed by atoms with Gasteiger partial charge < -0.3 is 24.8 Å². The Bertz CT molecular complexity index is 866. The summed E-state index contributed by atoms with van der Waals surface area (Å²) < 4.78 is 5.18. The highest BCUT2D eigenvalue weighted by Gasteiger charge is 2.29. The van der Waals surface area contributed by atoms with Gasteiger partial charge in [0.2, 0.25) is 0 Å². The van der Waals surface area contributed by atoms with Crippen LogP contribution in [0.2, 0.25) is 0 Å². The van der Waals surface area contributed by atoms with Crippen molar-refractivity contribution in [3.8, 4) is 5.75 Å². The molecule has 3 rings (SSSR count). The lowest BCUT2D eigenvalue weighted by atomic mass is 10.1. The molecule has 0 aromatic heterocycles. The van der Waals surface area contributed by atoms with Crippen molar-refractivity contribution in [3.63, 3.8) is 0 Å². The molecule has 2 amide bonds. The standard InChI is InChI=1S/C24H32N4O3/c1-19(20-8-5-4-6-9-20)27-12-14-28(15-13-27)24(30)18-26(2)17-23(29)25-21-10-7-11-22(16-21)31-3/h4-11,16,19H,12-15,17-18H2,1-3H3,(H,25,29)/p+2/t19-/m1/s1. The Labute approximate surface area is 184 Å². The first-order chi connectivity index (χ1) is 15.0. The average molecular weight is 427 g/mol. The zero-order valence-corrected chi connectivity index (χ0v) is 18.7. The summed E-state index contributed by atoms with van der Waals surface area (Å²) in [5.41, 5.74) is 2.03. The van der Waals surface area contributed by atoms with Crippen molar-refractivity contribution in [1.29, 1.82) is 0 Å². The van der Waals surface area contributed by atoms with Crippen molar-refractivity contribution in [2.75, 3.05) is 58.7 Å². The fourth-order valence-corrected chi connectivity index (χ4v) is 4.07. The van der Waals surface area contributed by atoms with Crippen molar-refractivity contribution >= 4 is 17.5 Å². The van der Waals surface area contributed by atoms with E-state index in [-0.39, 0.29) is 18.4 Å². The second-order valence-electron chi connectivity index (χ2n) is 8.26. The van der Waals surface area contributed by atoms with E-state index in [1.165, 1.54) is 10.5 Å². The van der Waals surface area contributed by atoms with E-state index in [9.17, 15) is 9.59 Å². The number of nitrogens with zero attached hydrogens (tertiary/aromatic N) is 1. The van der Waals surface area contributed by atoms with Crippen LogP contribution in [-0.2, 0) is 9.59 Å². The van der Waals surface area contributed by atoms with Gasteiger partial charge in [0.15, 0.2) is 13.1 Å². The normalized spacial score (nSPS) is 16.4. The molecule has 166 valence electrons. The third-order valence-corrected chi connectivity index (χ3v) is 5.94. The van der Waals surface area contributed by atoms with Gasteiger partial charge in [0, 0.05) is 17.3 Å². The fraction of sp³-hybridized carbons (Fsp3) is 0.417. The molecule has 7 heteroatoms. The molecule has 1 aliphatic heterocycles. The van der Waals surface area contributed by atoms with Crippen molar-refractivity contribution in [3.05, 3.63) is 60.2 Å². The Hall–Kier alpha value is -2.90. The Morgan fingerprint density at radius 2 is 1.81 bits per heavy atom. The van der Waals surface area contributed by atoms with Gasteiger partial charge in [0.1, 0.15) is 11.8 Å². The van der Waals surface area contributed by atoms with Crippen LogP contribution in [0.1, 0.15) is 18.5 Å². The van der Waals surface area contributed by atoms with Crippen LogP contribution in [0.15, 0.2) is 54.6 Å². The van der Waals surface area contributed by atoms with Gasteiger partial charge in [-0.2, -0.15) is 0 Å². The highest BCUT2D eigenvalue weighted by molar-refractivity contribution is 5.91. The van der Waals surface area contributed by atoms with E-state index in [0.29, 0.717) is 24.0 Å². The van der Waals surface area contributed by atoms with E-state index in [4.69, 9.17) is 4.74 Å². The molecule has 1 heterocycles. The van der Waals surface area contributed by atoms with Gasteiger partial charge in [0.05, 0.1) is 40.3 Å². The number of rotatable bonds is 8. The first-order valence-corrected chi connectivity index (χ1v) is 10.9. The number of carbonyl (C=O) groups excluding carboxylic acids is 2. The molecule has 0 radical (unpaired) electrons. The van der Waals surface area contributed by atoms with Gasteiger partial charge in [-0.3, -0.25) is 9.59 Å². The maximum absolute atomic E-state index is 12.7. The molecule has 3 N–H and O–H groups in total. The number of hydrogen-bond acceptors (Lipinski definition) is 3. The summed E-state index contributed by atoms with van der Waals surface area (Å²) in [5, 5.41) is 2.87. The summed E-state index contributed by atoms with van der Waals surface area (Å²) in [5.74, 6) is 0.680. The van der Waals surface area contributed by atoms with Crippen LogP contribution in [0.3, 0.4) is 0 Å². The fourth-order valence-electron chi connectivity index (χ4n) is 4.07. The molecular weight excluding hydrogens is 392 g/mol. The monoisotopic (exact) mass is 426 g/mol. The van der Waals surface area contributed by atoms with E-state index in [1.54, 1.807) is 13.2 Å². The smallest absolute Gasteiger partial charge is 0.279 e. The largest absolute Gasteiger partial charge is 0.497 e. The van der Waals surface area contributed by atoms with Crippen LogP contribution in [-0.4, -0.2) is 70.1 Å². The Morgan fingerprint density at radius 3 is 2.48 bits per heavy atom. The van der Waals surface area contributed by atoms with Gasteiger partial charge in [0.25, 0.3) is 11.8 Å². The first kappa shape index (κ1) is 22.8. The lowest BCUT2D eigenvalue weighted by Crippen LogP contribution is -3.15. The van der Waals surface area contributed by atoms with Crippen LogP contribution >= 0.6 is 0 Å². The average Bonchev–Trinajstić information content (AvgIpc) is 2.79. The second kappa shape index (κ2) is 10.9. The second-order valence-corrected chi connectivity index (χ2v) is 8.26. The van der Waals surface area contributed by atoms with E-state index < -0.39 is 0 Å². The Morgan fingerprint density at radius 1 is 1.10 bits per heavy atom. The van der Waals surface area contributed by atoms with Crippen LogP contribution in [0.5, 0.6) is 5.75 Å². The molecule has 1 saturated heterocycles. The van der Waals surface area contributed by atoms with Crippen LogP contribution in [0.25, 0.3) is 0 Å². The van der Waals surface area contributed by atoms with Gasteiger partial charge >= 0.3 is 0 Å². The number of ether oxygens (including phenoxy) is 1. The van der Waals surface area contributed by atoms with Crippen LogP contribution in [0.4, 0.5) is 5.69 Å². The Kier molecular flexibility index (Phi) is 8.03. The quantitative estimate of drug-likeness (QED) is 0.540. The predicted molar refractivity (Wildman–Crippen MR) is 120 cm³/mol.